The fourth-order valence-corrected chi connectivity index (χ4v) is 3.19. The van der Waals surface area contributed by atoms with E-state index in [0.717, 1.165) is 18.2 Å². The Morgan fingerprint density at radius 2 is 1.90 bits per heavy atom. The topological polar surface area (TPSA) is 35.0 Å². The van der Waals surface area contributed by atoms with E-state index in [0.29, 0.717) is 23.2 Å². The number of hydrogen-bond acceptors (Lipinski definition) is 3. The summed E-state index contributed by atoms with van der Waals surface area (Å²) in [6, 6.07) is 0. The average Bonchev–Trinajstić information content (AvgIpc) is 2.79. The number of nitrogens with zero attached hydrogens (tertiary/aromatic N) is 2. The molecule has 1 aliphatic rings. The van der Waals surface area contributed by atoms with Crippen LogP contribution in [0.3, 0.4) is 0 Å². The highest BCUT2D eigenvalue weighted by molar-refractivity contribution is 5.13. The van der Waals surface area contributed by atoms with Gasteiger partial charge in [-0.05, 0) is 30.1 Å². The van der Waals surface area contributed by atoms with Crippen LogP contribution in [0, 0.1) is 17.3 Å². The molecule has 112 valence electrons. The SMILES string of the molecule is CC(C)c1ncc(OC[C@H]2CCC[C@@]2(C)C(C)C)cn1. The number of rotatable bonds is 5. The summed E-state index contributed by atoms with van der Waals surface area (Å²) in [7, 11) is 0. The Hall–Kier alpha value is -1.12. The van der Waals surface area contributed by atoms with Gasteiger partial charge in [0, 0.05) is 5.92 Å². The summed E-state index contributed by atoms with van der Waals surface area (Å²) in [5, 5.41) is 0. The van der Waals surface area contributed by atoms with Crippen LogP contribution in [0.15, 0.2) is 12.4 Å². The molecule has 0 aliphatic heterocycles. The van der Waals surface area contributed by atoms with Crippen LogP contribution in [0.25, 0.3) is 0 Å². The predicted octanol–water partition coefficient (Wildman–Crippen LogP) is 4.44. The Labute approximate surface area is 123 Å². The second-order valence-corrected chi connectivity index (χ2v) is 6.99. The maximum atomic E-state index is 5.95. The molecule has 0 aromatic carbocycles. The number of ether oxygens (including phenoxy) is 1. The first-order chi connectivity index (χ1) is 9.43. The lowest BCUT2D eigenvalue weighted by atomic mass is 9.71. The first-order valence-corrected chi connectivity index (χ1v) is 7.88. The summed E-state index contributed by atoms with van der Waals surface area (Å²) < 4.78 is 5.95. The highest BCUT2D eigenvalue weighted by Gasteiger charge is 2.41. The second kappa shape index (κ2) is 6.11. The van der Waals surface area contributed by atoms with E-state index in [9.17, 15) is 0 Å². The molecule has 2 rings (SSSR count). The lowest BCUT2D eigenvalue weighted by Gasteiger charge is -2.35. The molecule has 0 radical (unpaired) electrons. The van der Waals surface area contributed by atoms with Gasteiger partial charge < -0.3 is 4.74 Å². The molecular weight excluding hydrogens is 248 g/mol. The van der Waals surface area contributed by atoms with E-state index in [4.69, 9.17) is 4.74 Å². The van der Waals surface area contributed by atoms with Crippen molar-refractivity contribution >= 4 is 0 Å². The van der Waals surface area contributed by atoms with Crippen LogP contribution in [0.5, 0.6) is 5.75 Å². The zero-order chi connectivity index (χ0) is 14.8. The Balaban J connectivity index is 1.95. The lowest BCUT2D eigenvalue weighted by molar-refractivity contribution is 0.0980. The highest BCUT2D eigenvalue weighted by atomic mass is 16.5. The molecule has 1 saturated carbocycles. The summed E-state index contributed by atoms with van der Waals surface area (Å²) >= 11 is 0. The zero-order valence-corrected chi connectivity index (χ0v) is 13.5. The molecule has 0 spiro atoms. The van der Waals surface area contributed by atoms with Crippen LogP contribution in [0.4, 0.5) is 0 Å². The quantitative estimate of drug-likeness (QED) is 0.797. The van der Waals surface area contributed by atoms with E-state index in [1.54, 1.807) is 0 Å². The van der Waals surface area contributed by atoms with Crippen molar-refractivity contribution in [2.75, 3.05) is 6.61 Å². The minimum absolute atomic E-state index is 0.364. The van der Waals surface area contributed by atoms with Crippen LogP contribution in [0.2, 0.25) is 0 Å². The van der Waals surface area contributed by atoms with Gasteiger partial charge >= 0.3 is 0 Å². The molecule has 0 bridgehead atoms. The maximum absolute atomic E-state index is 5.95. The van der Waals surface area contributed by atoms with Crippen molar-refractivity contribution in [3.05, 3.63) is 18.2 Å². The molecule has 0 amide bonds. The molecule has 1 aliphatic carbocycles. The standard InChI is InChI=1S/C17H28N2O/c1-12(2)16-18-9-15(10-19-16)20-11-14-7-6-8-17(14,5)13(3)4/h9-10,12-14H,6-8,11H2,1-5H3/t14-,17+/m1/s1. The van der Waals surface area contributed by atoms with Gasteiger partial charge in [0.15, 0.2) is 5.75 Å². The van der Waals surface area contributed by atoms with Crippen molar-refractivity contribution in [1.82, 2.24) is 9.97 Å². The van der Waals surface area contributed by atoms with Gasteiger partial charge in [-0.25, -0.2) is 9.97 Å². The summed E-state index contributed by atoms with van der Waals surface area (Å²) in [6.07, 6.45) is 7.54. The Morgan fingerprint density at radius 3 is 2.45 bits per heavy atom. The molecule has 0 saturated heterocycles. The van der Waals surface area contributed by atoms with E-state index in [1.807, 2.05) is 12.4 Å². The fourth-order valence-electron chi connectivity index (χ4n) is 3.19. The molecule has 1 aromatic heterocycles. The van der Waals surface area contributed by atoms with Gasteiger partial charge in [0.1, 0.15) is 5.82 Å². The van der Waals surface area contributed by atoms with Crippen LogP contribution >= 0.6 is 0 Å². The molecule has 1 aromatic rings. The Bertz CT molecular complexity index is 427. The molecule has 20 heavy (non-hydrogen) atoms. The van der Waals surface area contributed by atoms with Gasteiger partial charge in [-0.2, -0.15) is 0 Å². The smallest absolute Gasteiger partial charge is 0.155 e. The summed E-state index contributed by atoms with van der Waals surface area (Å²) in [6.45, 7) is 12.1. The third kappa shape index (κ3) is 3.13. The second-order valence-electron chi connectivity index (χ2n) is 6.99. The van der Waals surface area contributed by atoms with E-state index < -0.39 is 0 Å². The largest absolute Gasteiger partial charge is 0.490 e. The first-order valence-electron chi connectivity index (χ1n) is 7.88. The monoisotopic (exact) mass is 276 g/mol. The third-order valence-corrected chi connectivity index (χ3v) is 5.14. The summed E-state index contributed by atoms with van der Waals surface area (Å²) in [5.74, 6) is 3.39. The maximum Gasteiger partial charge on any atom is 0.155 e. The van der Waals surface area contributed by atoms with Crippen LogP contribution in [0.1, 0.15) is 65.6 Å². The molecule has 1 fully saturated rings. The zero-order valence-electron chi connectivity index (χ0n) is 13.5. The number of hydrogen-bond donors (Lipinski definition) is 0. The molecule has 0 unspecified atom stereocenters. The average molecular weight is 276 g/mol. The van der Waals surface area contributed by atoms with E-state index >= 15 is 0 Å². The first kappa shape index (κ1) is 15.3. The lowest BCUT2D eigenvalue weighted by Crippen LogP contribution is -2.31. The third-order valence-electron chi connectivity index (χ3n) is 5.14. The summed E-state index contributed by atoms with van der Waals surface area (Å²) in [4.78, 5) is 8.72. The van der Waals surface area contributed by atoms with Gasteiger partial charge in [-0.1, -0.05) is 41.0 Å². The van der Waals surface area contributed by atoms with Crippen LogP contribution in [-0.2, 0) is 0 Å². The fraction of sp³-hybridized carbons (Fsp3) is 0.765. The van der Waals surface area contributed by atoms with Gasteiger partial charge in [-0.15, -0.1) is 0 Å². The predicted molar refractivity (Wildman–Crippen MR) is 81.9 cm³/mol. The van der Waals surface area contributed by atoms with Crippen molar-refractivity contribution in [1.29, 1.82) is 0 Å². The molecule has 3 nitrogen and oxygen atoms in total. The van der Waals surface area contributed by atoms with Gasteiger partial charge in [0.25, 0.3) is 0 Å². The van der Waals surface area contributed by atoms with Crippen LogP contribution < -0.4 is 4.74 Å². The summed E-state index contributed by atoms with van der Waals surface area (Å²) in [5.41, 5.74) is 0.415. The van der Waals surface area contributed by atoms with Crippen molar-refractivity contribution < 1.29 is 4.74 Å². The minimum atomic E-state index is 0.364. The molecule has 3 heteroatoms. The van der Waals surface area contributed by atoms with Crippen molar-refractivity contribution in [3.8, 4) is 5.75 Å². The molecule has 2 atom stereocenters. The van der Waals surface area contributed by atoms with E-state index in [2.05, 4.69) is 44.6 Å². The molecule has 1 heterocycles. The normalized spacial score (nSPS) is 26.4. The van der Waals surface area contributed by atoms with Gasteiger partial charge in [0.05, 0.1) is 19.0 Å². The van der Waals surface area contributed by atoms with Crippen molar-refractivity contribution in [2.45, 2.75) is 59.8 Å². The molecular formula is C17H28N2O. The van der Waals surface area contributed by atoms with Gasteiger partial charge in [0.2, 0.25) is 0 Å². The van der Waals surface area contributed by atoms with Crippen molar-refractivity contribution in [2.24, 2.45) is 17.3 Å². The number of aromatic nitrogens is 2. The highest BCUT2D eigenvalue weighted by Crippen LogP contribution is 2.48. The molecule has 0 N–H and O–H groups in total. The van der Waals surface area contributed by atoms with Crippen molar-refractivity contribution in [3.63, 3.8) is 0 Å². The van der Waals surface area contributed by atoms with E-state index in [-0.39, 0.29) is 0 Å². The Kier molecular flexibility index (Phi) is 4.66. The minimum Gasteiger partial charge on any atom is -0.490 e. The van der Waals surface area contributed by atoms with Gasteiger partial charge in [-0.3, -0.25) is 0 Å². The van der Waals surface area contributed by atoms with E-state index in [1.165, 1.54) is 19.3 Å². The Morgan fingerprint density at radius 1 is 1.25 bits per heavy atom. The van der Waals surface area contributed by atoms with Crippen LogP contribution in [-0.4, -0.2) is 16.6 Å².